The molecule has 0 bridgehead atoms. The summed E-state index contributed by atoms with van der Waals surface area (Å²) in [5.74, 6) is -0.832. The van der Waals surface area contributed by atoms with E-state index >= 15 is 0 Å². The van der Waals surface area contributed by atoms with Crippen LogP contribution in [0.2, 0.25) is 5.02 Å². The second kappa shape index (κ2) is 6.31. The molecule has 124 valence electrons. The number of hydrogen-bond acceptors (Lipinski definition) is 3. The Labute approximate surface area is 136 Å². The third-order valence-electron chi connectivity index (χ3n) is 3.93. The number of amides is 2. The van der Waals surface area contributed by atoms with Gasteiger partial charge in [-0.2, -0.15) is 8.78 Å². The molecule has 1 aliphatic heterocycles. The van der Waals surface area contributed by atoms with E-state index in [0.29, 0.717) is 18.3 Å². The number of likely N-dealkylation sites (tertiary alicyclic amines) is 1. The van der Waals surface area contributed by atoms with E-state index in [4.69, 9.17) is 11.6 Å². The molecule has 1 saturated heterocycles. The average Bonchev–Trinajstić information content (AvgIpc) is 3.24. The van der Waals surface area contributed by atoms with Gasteiger partial charge in [0.2, 0.25) is 11.8 Å². The van der Waals surface area contributed by atoms with Crippen LogP contribution in [0.3, 0.4) is 0 Å². The molecule has 1 atom stereocenters. The van der Waals surface area contributed by atoms with Gasteiger partial charge in [0.1, 0.15) is 5.75 Å². The Morgan fingerprint density at radius 3 is 2.74 bits per heavy atom. The number of carbonyl (C=O) groups is 2. The van der Waals surface area contributed by atoms with Crippen LogP contribution in [-0.2, 0) is 9.59 Å². The highest BCUT2D eigenvalue weighted by atomic mass is 35.5. The molecule has 0 aromatic heterocycles. The van der Waals surface area contributed by atoms with Crippen LogP contribution in [0.15, 0.2) is 18.2 Å². The standard InChI is InChI=1S/C15H15ClF2N2O3/c16-11-6-9(1-4-12(11)23-15(17)18)19-14(22)8-5-13(21)20(7-8)10-2-3-10/h1,4,6,8,10,15H,2-3,5,7H2,(H,19,22)/t8-/m1/s1. The van der Waals surface area contributed by atoms with Crippen molar-refractivity contribution in [3.05, 3.63) is 23.2 Å². The highest BCUT2D eigenvalue weighted by Crippen LogP contribution is 2.33. The number of rotatable bonds is 5. The zero-order valence-electron chi connectivity index (χ0n) is 12.1. The van der Waals surface area contributed by atoms with Crippen molar-refractivity contribution in [2.24, 2.45) is 5.92 Å². The molecule has 2 aliphatic rings. The van der Waals surface area contributed by atoms with Crippen molar-refractivity contribution in [3.8, 4) is 5.75 Å². The van der Waals surface area contributed by atoms with Crippen molar-refractivity contribution in [3.63, 3.8) is 0 Å². The normalized spacial score (nSPS) is 21.0. The van der Waals surface area contributed by atoms with Gasteiger partial charge in [-0.05, 0) is 31.0 Å². The smallest absolute Gasteiger partial charge is 0.387 e. The Hall–Kier alpha value is -1.89. The molecular weight excluding hydrogens is 330 g/mol. The monoisotopic (exact) mass is 344 g/mol. The lowest BCUT2D eigenvalue weighted by atomic mass is 10.1. The van der Waals surface area contributed by atoms with Crippen LogP contribution in [0, 0.1) is 5.92 Å². The van der Waals surface area contributed by atoms with Crippen LogP contribution in [0.1, 0.15) is 19.3 Å². The molecular formula is C15H15ClF2N2O3. The summed E-state index contributed by atoms with van der Waals surface area (Å²) in [6.07, 6.45) is 2.20. The van der Waals surface area contributed by atoms with E-state index < -0.39 is 12.5 Å². The second-order valence-electron chi connectivity index (χ2n) is 5.69. The van der Waals surface area contributed by atoms with Gasteiger partial charge in [0.25, 0.3) is 0 Å². The lowest BCUT2D eigenvalue weighted by molar-refractivity contribution is -0.128. The van der Waals surface area contributed by atoms with Crippen LogP contribution >= 0.6 is 11.6 Å². The molecule has 1 N–H and O–H groups in total. The van der Waals surface area contributed by atoms with E-state index in [-0.39, 0.29) is 29.0 Å². The highest BCUT2D eigenvalue weighted by Gasteiger charge is 2.41. The maximum Gasteiger partial charge on any atom is 0.387 e. The minimum absolute atomic E-state index is 0.00589. The van der Waals surface area contributed by atoms with Crippen LogP contribution in [-0.4, -0.2) is 35.9 Å². The topological polar surface area (TPSA) is 58.6 Å². The van der Waals surface area contributed by atoms with Gasteiger partial charge < -0.3 is 15.0 Å². The van der Waals surface area contributed by atoms with Gasteiger partial charge in [0, 0.05) is 24.7 Å². The number of nitrogens with zero attached hydrogens (tertiary/aromatic N) is 1. The third-order valence-corrected chi connectivity index (χ3v) is 4.23. The molecule has 8 heteroatoms. The van der Waals surface area contributed by atoms with Gasteiger partial charge >= 0.3 is 6.61 Å². The van der Waals surface area contributed by atoms with Crippen LogP contribution in [0.4, 0.5) is 14.5 Å². The number of carbonyl (C=O) groups excluding carboxylic acids is 2. The van der Waals surface area contributed by atoms with Gasteiger partial charge in [-0.3, -0.25) is 9.59 Å². The molecule has 1 aromatic rings. The van der Waals surface area contributed by atoms with Crippen molar-refractivity contribution in [1.29, 1.82) is 0 Å². The Morgan fingerprint density at radius 2 is 2.13 bits per heavy atom. The minimum Gasteiger partial charge on any atom is -0.433 e. The Balaban J connectivity index is 1.61. The van der Waals surface area contributed by atoms with Gasteiger partial charge in [0.05, 0.1) is 10.9 Å². The number of alkyl halides is 2. The third kappa shape index (κ3) is 3.72. The summed E-state index contributed by atoms with van der Waals surface area (Å²) in [6, 6.07) is 4.32. The summed E-state index contributed by atoms with van der Waals surface area (Å²) in [5, 5.41) is 2.64. The van der Waals surface area contributed by atoms with Crippen molar-refractivity contribution < 1.29 is 23.1 Å². The summed E-state index contributed by atoms with van der Waals surface area (Å²) in [5.41, 5.74) is 0.374. The molecule has 1 aliphatic carbocycles. The molecule has 2 fully saturated rings. The molecule has 1 heterocycles. The molecule has 0 radical (unpaired) electrons. The lowest BCUT2D eigenvalue weighted by Crippen LogP contribution is -2.29. The summed E-state index contributed by atoms with van der Waals surface area (Å²) in [4.78, 5) is 25.9. The zero-order valence-corrected chi connectivity index (χ0v) is 12.9. The van der Waals surface area contributed by atoms with Crippen molar-refractivity contribution in [2.45, 2.75) is 31.9 Å². The SMILES string of the molecule is O=C(Nc1ccc(OC(F)F)c(Cl)c1)[C@@H]1CC(=O)N(C2CC2)C1. The van der Waals surface area contributed by atoms with Gasteiger partial charge in [0.15, 0.2) is 0 Å². The van der Waals surface area contributed by atoms with Gasteiger partial charge in [-0.1, -0.05) is 11.6 Å². The molecule has 0 unspecified atom stereocenters. The second-order valence-corrected chi connectivity index (χ2v) is 6.10. The fraction of sp³-hybridized carbons (Fsp3) is 0.467. The average molecular weight is 345 g/mol. The lowest BCUT2D eigenvalue weighted by Gasteiger charge is -2.15. The summed E-state index contributed by atoms with van der Waals surface area (Å²) in [7, 11) is 0. The quantitative estimate of drug-likeness (QED) is 0.893. The highest BCUT2D eigenvalue weighted by molar-refractivity contribution is 6.32. The first-order valence-corrected chi connectivity index (χ1v) is 7.66. The van der Waals surface area contributed by atoms with E-state index in [2.05, 4.69) is 10.1 Å². The van der Waals surface area contributed by atoms with E-state index in [9.17, 15) is 18.4 Å². The molecule has 2 amide bonds. The predicted molar refractivity (Wildman–Crippen MR) is 79.6 cm³/mol. The van der Waals surface area contributed by atoms with Crippen LogP contribution in [0.25, 0.3) is 0 Å². The molecule has 23 heavy (non-hydrogen) atoms. The number of anilines is 1. The molecule has 3 rings (SSSR count). The Morgan fingerprint density at radius 1 is 1.39 bits per heavy atom. The fourth-order valence-corrected chi connectivity index (χ4v) is 2.89. The summed E-state index contributed by atoms with van der Waals surface area (Å²) in [6.45, 7) is -2.54. The van der Waals surface area contributed by atoms with E-state index in [1.807, 2.05) is 0 Å². The van der Waals surface area contributed by atoms with Crippen molar-refractivity contribution >= 4 is 29.1 Å². The molecule has 5 nitrogen and oxygen atoms in total. The Kier molecular flexibility index (Phi) is 4.39. The maximum atomic E-state index is 12.2. The Bertz CT molecular complexity index is 637. The number of hydrogen-bond donors (Lipinski definition) is 1. The van der Waals surface area contributed by atoms with Gasteiger partial charge in [-0.15, -0.1) is 0 Å². The van der Waals surface area contributed by atoms with Gasteiger partial charge in [-0.25, -0.2) is 0 Å². The molecule has 0 spiro atoms. The first-order valence-electron chi connectivity index (χ1n) is 7.28. The number of ether oxygens (including phenoxy) is 1. The van der Waals surface area contributed by atoms with Crippen molar-refractivity contribution in [2.75, 3.05) is 11.9 Å². The zero-order chi connectivity index (χ0) is 16.6. The number of benzene rings is 1. The van der Waals surface area contributed by atoms with Crippen molar-refractivity contribution in [1.82, 2.24) is 4.90 Å². The van der Waals surface area contributed by atoms with Crippen LogP contribution in [0.5, 0.6) is 5.75 Å². The summed E-state index contributed by atoms with van der Waals surface area (Å²) < 4.78 is 28.6. The predicted octanol–water partition coefficient (Wildman–Crippen LogP) is 2.89. The van der Waals surface area contributed by atoms with E-state index in [1.165, 1.54) is 18.2 Å². The maximum absolute atomic E-state index is 12.2. The van der Waals surface area contributed by atoms with Crippen LogP contribution < -0.4 is 10.1 Å². The molecule has 1 saturated carbocycles. The largest absolute Gasteiger partial charge is 0.433 e. The minimum atomic E-state index is -2.97. The number of nitrogens with one attached hydrogen (secondary N) is 1. The first-order chi connectivity index (χ1) is 10.9. The van der Waals surface area contributed by atoms with E-state index in [0.717, 1.165) is 12.8 Å². The van der Waals surface area contributed by atoms with E-state index in [1.54, 1.807) is 4.90 Å². The number of halogens is 3. The summed E-state index contributed by atoms with van der Waals surface area (Å²) >= 11 is 5.84. The first kappa shape index (κ1) is 16.0. The fourth-order valence-electron chi connectivity index (χ4n) is 2.66. The molecule has 1 aromatic carbocycles.